The molecule has 1 aromatic rings. The Hall–Kier alpha value is -1.35. The van der Waals surface area contributed by atoms with E-state index in [0.717, 1.165) is 31.6 Å². The maximum Gasteiger partial charge on any atom is 0.227 e. The van der Waals surface area contributed by atoms with E-state index in [1.54, 1.807) is 0 Å². The highest BCUT2D eigenvalue weighted by molar-refractivity contribution is 5.83. The van der Waals surface area contributed by atoms with E-state index >= 15 is 0 Å². The molecule has 1 fully saturated rings. The smallest absolute Gasteiger partial charge is 0.227 e. The third-order valence-corrected chi connectivity index (χ3v) is 4.68. The molecule has 0 saturated carbocycles. The molecule has 2 unspecified atom stereocenters. The summed E-state index contributed by atoms with van der Waals surface area (Å²) < 4.78 is 0. The van der Waals surface area contributed by atoms with Crippen LogP contribution in [0.5, 0.6) is 0 Å². The van der Waals surface area contributed by atoms with Gasteiger partial charge in [-0.25, -0.2) is 0 Å². The molecule has 0 aliphatic carbocycles. The third kappa shape index (κ3) is 4.57. The van der Waals surface area contributed by atoms with Gasteiger partial charge >= 0.3 is 0 Å². The Bertz CT molecular complexity index is 426. The van der Waals surface area contributed by atoms with Crippen molar-refractivity contribution in [1.82, 2.24) is 10.6 Å². The molecule has 1 amide bonds. The largest absolute Gasteiger partial charge is 0.355 e. The quantitative estimate of drug-likeness (QED) is 0.845. The molecule has 116 valence electrons. The Morgan fingerprint density at radius 2 is 1.95 bits per heavy atom. The van der Waals surface area contributed by atoms with Gasteiger partial charge in [0.25, 0.3) is 0 Å². The third-order valence-electron chi connectivity index (χ3n) is 4.68. The molecular formula is C18H28N2O. The Labute approximate surface area is 128 Å². The van der Waals surface area contributed by atoms with E-state index in [1.165, 1.54) is 12.8 Å². The first-order valence-corrected chi connectivity index (χ1v) is 8.25. The van der Waals surface area contributed by atoms with Crippen molar-refractivity contribution in [2.75, 3.05) is 19.6 Å². The van der Waals surface area contributed by atoms with E-state index in [-0.39, 0.29) is 11.8 Å². The van der Waals surface area contributed by atoms with E-state index in [0.29, 0.717) is 11.8 Å². The molecule has 0 spiro atoms. The van der Waals surface area contributed by atoms with Crippen molar-refractivity contribution in [3.05, 3.63) is 35.9 Å². The highest BCUT2D eigenvalue weighted by Crippen LogP contribution is 2.27. The zero-order valence-electron chi connectivity index (χ0n) is 13.3. The standard InChI is InChI=1S/C18H28N2O/c1-3-14(2)17(16-7-5-4-6-8-16)18(21)20-13-15-9-11-19-12-10-15/h4-8,14-15,17,19H,3,9-13H2,1-2H3,(H,20,21). The first kappa shape index (κ1) is 16.0. The number of carbonyl (C=O) groups excluding carboxylic acids is 1. The highest BCUT2D eigenvalue weighted by atomic mass is 16.1. The summed E-state index contributed by atoms with van der Waals surface area (Å²) in [6, 6.07) is 10.2. The van der Waals surface area contributed by atoms with Gasteiger partial charge in [-0.2, -0.15) is 0 Å². The Balaban J connectivity index is 1.97. The summed E-state index contributed by atoms with van der Waals surface area (Å²) in [5.74, 6) is 1.15. The fourth-order valence-corrected chi connectivity index (χ4v) is 3.08. The second-order valence-electron chi connectivity index (χ2n) is 6.21. The molecule has 2 N–H and O–H groups in total. The molecule has 21 heavy (non-hydrogen) atoms. The van der Waals surface area contributed by atoms with Gasteiger partial charge in [0, 0.05) is 6.54 Å². The zero-order chi connectivity index (χ0) is 15.1. The lowest BCUT2D eigenvalue weighted by atomic mass is 9.84. The number of amides is 1. The van der Waals surface area contributed by atoms with Crippen molar-refractivity contribution in [1.29, 1.82) is 0 Å². The Morgan fingerprint density at radius 1 is 1.29 bits per heavy atom. The summed E-state index contributed by atoms with van der Waals surface area (Å²) in [6.07, 6.45) is 3.35. The summed E-state index contributed by atoms with van der Waals surface area (Å²) in [4.78, 5) is 12.7. The molecule has 1 saturated heterocycles. The first-order valence-electron chi connectivity index (χ1n) is 8.25. The molecule has 2 rings (SSSR count). The summed E-state index contributed by atoms with van der Waals surface area (Å²) in [5, 5.41) is 6.57. The van der Waals surface area contributed by atoms with Gasteiger partial charge in [-0.15, -0.1) is 0 Å². The van der Waals surface area contributed by atoms with E-state index in [1.807, 2.05) is 18.2 Å². The fraction of sp³-hybridized carbons (Fsp3) is 0.611. The second kappa shape index (κ2) is 8.18. The topological polar surface area (TPSA) is 41.1 Å². The van der Waals surface area contributed by atoms with Gasteiger partial charge in [-0.05, 0) is 43.3 Å². The van der Waals surface area contributed by atoms with Crippen LogP contribution in [0.1, 0.15) is 44.6 Å². The second-order valence-corrected chi connectivity index (χ2v) is 6.21. The predicted molar refractivity (Wildman–Crippen MR) is 87.2 cm³/mol. The molecule has 1 aromatic carbocycles. The summed E-state index contributed by atoms with van der Waals surface area (Å²) in [7, 11) is 0. The van der Waals surface area contributed by atoms with Crippen molar-refractivity contribution in [2.45, 2.75) is 39.0 Å². The first-order chi connectivity index (χ1) is 10.2. The van der Waals surface area contributed by atoms with Crippen LogP contribution in [0.2, 0.25) is 0 Å². The van der Waals surface area contributed by atoms with E-state index in [2.05, 4.69) is 36.6 Å². The van der Waals surface area contributed by atoms with Gasteiger partial charge < -0.3 is 10.6 Å². The average molecular weight is 288 g/mol. The molecule has 3 nitrogen and oxygen atoms in total. The van der Waals surface area contributed by atoms with Gasteiger partial charge in [0.2, 0.25) is 5.91 Å². The maximum absolute atomic E-state index is 12.7. The van der Waals surface area contributed by atoms with Crippen molar-refractivity contribution >= 4 is 5.91 Å². The SMILES string of the molecule is CCC(C)C(C(=O)NCC1CCNCC1)c1ccccc1. The molecule has 3 heteroatoms. The molecule has 0 radical (unpaired) electrons. The van der Waals surface area contributed by atoms with Crippen LogP contribution >= 0.6 is 0 Å². The van der Waals surface area contributed by atoms with E-state index < -0.39 is 0 Å². The minimum atomic E-state index is -0.0297. The lowest BCUT2D eigenvalue weighted by Gasteiger charge is -2.26. The molecule has 1 aliphatic rings. The lowest BCUT2D eigenvalue weighted by Crippen LogP contribution is -2.39. The Morgan fingerprint density at radius 3 is 2.57 bits per heavy atom. The van der Waals surface area contributed by atoms with Crippen molar-refractivity contribution < 1.29 is 4.79 Å². The number of hydrogen-bond donors (Lipinski definition) is 2. The van der Waals surface area contributed by atoms with Gasteiger partial charge in [-0.1, -0.05) is 50.6 Å². The number of nitrogens with one attached hydrogen (secondary N) is 2. The number of hydrogen-bond acceptors (Lipinski definition) is 2. The number of piperidine rings is 1. The fourth-order valence-electron chi connectivity index (χ4n) is 3.08. The number of rotatable bonds is 6. The van der Waals surface area contributed by atoms with Crippen LogP contribution in [-0.2, 0) is 4.79 Å². The van der Waals surface area contributed by atoms with Crippen LogP contribution in [0, 0.1) is 11.8 Å². The molecule has 0 bridgehead atoms. The molecular weight excluding hydrogens is 260 g/mol. The molecule has 1 aliphatic heterocycles. The Kier molecular flexibility index (Phi) is 6.24. The van der Waals surface area contributed by atoms with Gasteiger partial charge in [0.15, 0.2) is 0 Å². The monoisotopic (exact) mass is 288 g/mol. The highest BCUT2D eigenvalue weighted by Gasteiger charge is 2.26. The normalized spacial score (nSPS) is 19.0. The van der Waals surface area contributed by atoms with Crippen LogP contribution in [0.4, 0.5) is 0 Å². The van der Waals surface area contributed by atoms with Crippen LogP contribution in [0.3, 0.4) is 0 Å². The molecule has 2 atom stereocenters. The minimum Gasteiger partial charge on any atom is -0.355 e. The maximum atomic E-state index is 12.7. The van der Waals surface area contributed by atoms with Gasteiger partial charge in [-0.3, -0.25) is 4.79 Å². The van der Waals surface area contributed by atoms with Crippen molar-refractivity contribution in [3.8, 4) is 0 Å². The van der Waals surface area contributed by atoms with Crippen LogP contribution < -0.4 is 10.6 Å². The van der Waals surface area contributed by atoms with Gasteiger partial charge in [0.1, 0.15) is 0 Å². The number of carbonyl (C=O) groups is 1. The van der Waals surface area contributed by atoms with E-state index in [9.17, 15) is 4.79 Å². The van der Waals surface area contributed by atoms with Crippen molar-refractivity contribution in [3.63, 3.8) is 0 Å². The van der Waals surface area contributed by atoms with Crippen molar-refractivity contribution in [2.24, 2.45) is 11.8 Å². The molecule has 1 heterocycles. The summed E-state index contributed by atoms with van der Waals surface area (Å²) in [6.45, 7) is 7.30. The average Bonchev–Trinajstić information content (AvgIpc) is 2.55. The van der Waals surface area contributed by atoms with Gasteiger partial charge in [0.05, 0.1) is 5.92 Å². The van der Waals surface area contributed by atoms with Crippen LogP contribution in [0.25, 0.3) is 0 Å². The lowest BCUT2D eigenvalue weighted by molar-refractivity contribution is -0.123. The summed E-state index contributed by atoms with van der Waals surface area (Å²) >= 11 is 0. The van der Waals surface area contributed by atoms with E-state index in [4.69, 9.17) is 0 Å². The summed E-state index contributed by atoms with van der Waals surface area (Å²) in [5.41, 5.74) is 1.13. The van der Waals surface area contributed by atoms with Crippen LogP contribution in [-0.4, -0.2) is 25.5 Å². The number of benzene rings is 1. The van der Waals surface area contributed by atoms with Crippen LogP contribution in [0.15, 0.2) is 30.3 Å². The zero-order valence-corrected chi connectivity index (χ0v) is 13.3. The minimum absolute atomic E-state index is 0.0297. The predicted octanol–water partition coefficient (Wildman–Crippen LogP) is 2.93. The molecule has 0 aromatic heterocycles.